The van der Waals surface area contributed by atoms with Crippen molar-refractivity contribution in [2.24, 2.45) is 5.73 Å². The van der Waals surface area contributed by atoms with Crippen LogP contribution >= 0.6 is 0 Å². The predicted molar refractivity (Wildman–Crippen MR) is 69.6 cm³/mol. The molecule has 2 rings (SSSR count). The van der Waals surface area contributed by atoms with E-state index < -0.39 is 15.8 Å². The Morgan fingerprint density at radius 2 is 2.15 bits per heavy atom. The van der Waals surface area contributed by atoms with E-state index in [-0.39, 0.29) is 18.0 Å². The zero-order chi connectivity index (χ0) is 14.8. The molecule has 8 heteroatoms. The summed E-state index contributed by atoms with van der Waals surface area (Å²) < 4.78 is 44.7. The largest absolute Gasteiger partial charge is 0.361 e. The van der Waals surface area contributed by atoms with E-state index in [0.717, 1.165) is 6.07 Å². The highest BCUT2D eigenvalue weighted by molar-refractivity contribution is 7.89. The minimum absolute atomic E-state index is 0.000405. The molecule has 6 nitrogen and oxygen atoms in total. The molecular formula is C12H14FN3O3S. The topological polar surface area (TPSA) is 98.2 Å². The predicted octanol–water partition coefficient (Wildman–Crippen LogP) is 1.06. The average Bonchev–Trinajstić information content (AvgIpc) is 2.82. The number of nitrogens with one attached hydrogen (secondary N) is 1. The van der Waals surface area contributed by atoms with Crippen LogP contribution in [0, 0.1) is 12.7 Å². The molecule has 108 valence electrons. The van der Waals surface area contributed by atoms with Crippen LogP contribution in [0.4, 0.5) is 4.39 Å². The van der Waals surface area contributed by atoms with Crippen molar-refractivity contribution in [2.75, 3.05) is 0 Å². The van der Waals surface area contributed by atoms with Crippen LogP contribution in [0.25, 0.3) is 0 Å². The van der Waals surface area contributed by atoms with E-state index in [1.165, 1.54) is 12.1 Å². The van der Waals surface area contributed by atoms with Crippen molar-refractivity contribution in [1.29, 1.82) is 0 Å². The van der Waals surface area contributed by atoms with Crippen molar-refractivity contribution < 1.29 is 17.3 Å². The third kappa shape index (κ3) is 3.21. The molecule has 1 aromatic heterocycles. The first kappa shape index (κ1) is 14.6. The summed E-state index contributed by atoms with van der Waals surface area (Å²) in [7, 11) is -3.87. The molecular weight excluding hydrogens is 285 g/mol. The van der Waals surface area contributed by atoms with Gasteiger partial charge in [-0.25, -0.2) is 17.5 Å². The monoisotopic (exact) mass is 299 g/mol. The Bertz CT molecular complexity index is 712. The van der Waals surface area contributed by atoms with E-state index in [1.54, 1.807) is 13.0 Å². The highest BCUT2D eigenvalue weighted by atomic mass is 32.2. The zero-order valence-corrected chi connectivity index (χ0v) is 11.6. The van der Waals surface area contributed by atoms with Gasteiger partial charge in [-0.3, -0.25) is 0 Å². The van der Waals surface area contributed by atoms with E-state index in [2.05, 4.69) is 9.88 Å². The number of hydrogen-bond donors (Lipinski definition) is 2. The molecule has 20 heavy (non-hydrogen) atoms. The van der Waals surface area contributed by atoms with Crippen molar-refractivity contribution in [2.45, 2.75) is 24.9 Å². The Kier molecular flexibility index (Phi) is 4.17. The van der Waals surface area contributed by atoms with Crippen LogP contribution in [0.5, 0.6) is 0 Å². The van der Waals surface area contributed by atoms with Crippen molar-refractivity contribution in [3.8, 4) is 0 Å². The maximum absolute atomic E-state index is 13.2. The van der Waals surface area contributed by atoms with Crippen molar-refractivity contribution in [3.63, 3.8) is 0 Å². The molecule has 1 aromatic carbocycles. The van der Waals surface area contributed by atoms with E-state index in [1.807, 2.05) is 0 Å². The van der Waals surface area contributed by atoms with Crippen molar-refractivity contribution >= 4 is 10.0 Å². The minimum atomic E-state index is -3.87. The fourth-order valence-electron chi connectivity index (χ4n) is 1.70. The number of benzene rings is 1. The van der Waals surface area contributed by atoms with Gasteiger partial charge in [0.2, 0.25) is 10.0 Å². The van der Waals surface area contributed by atoms with Crippen LogP contribution in [-0.2, 0) is 23.1 Å². The number of rotatable bonds is 5. The summed E-state index contributed by atoms with van der Waals surface area (Å²) in [6.07, 6.45) is 0. The van der Waals surface area contributed by atoms with Gasteiger partial charge in [-0.2, -0.15) is 0 Å². The van der Waals surface area contributed by atoms with Gasteiger partial charge in [-0.1, -0.05) is 11.2 Å². The lowest BCUT2D eigenvalue weighted by molar-refractivity contribution is 0.390. The second-order valence-electron chi connectivity index (χ2n) is 4.21. The quantitative estimate of drug-likeness (QED) is 0.860. The number of aromatic nitrogens is 1. The number of sulfonamides is 1. The van der Waals surface area contributed by atoms with Gasteiger partial charge < -0.3 is 10.3 Å². The second-order valence-corrected chi connectivity index (χ2v) is 5.94. The van der Waals surface area contributed by atoms with Gasteiger partial charge in [0.25, 0.3) is 0 Å². The molecule has 0 saturated heterocycles. The van der Waals surface area contributed by atoms with Gasteiger partial charge in [0, 0.05) is 12.6 Å². The van der Waals surface area contributed by atoms with Gasteiger partial charge in [0.15, 0.2) is 0 Å². The summed E-state index contributed by atoms with van der Waals surface area (Å²) in [6.45, 7) is 1.66. The summed E-state index contributed by atoms with van der Waals surface area (Å²) in [5.41, 5.74) is 6.25. The van der Waals surface area contributed by atoms with Crippen LogP contribution in [0.2, 0.25) is 0 Å². The molecule has 1 heterocycles. The molecule has 0 amide bonds. The molecule has 0 atom stereocenters. The lowest BCUT2D eigenvalue weighted by Crippen LogP contribution is -2.25. The number of halogens is 1. The van der Waals surface area contributed by atoms with E-state index in [0.29, 0.717) is 17.0 Å². The first-order valence-corrected chi connectivity index (χ1v) is 7.31. The lowest BCUT2D eigenvalue weighted by Gasteiger charge is -2.09. The van der Waals surface area contributed by atoms with Gasteiger partial charge in [-0.05, 0) is 24.6 Å². The number of nitrogens with zero attached hydrogens (tertiary/aromatic N) is 1. The van der Waals surface area contributed by atoms with Gasteiger partial charge in [0.05, 0.1) is 17.1 Å². The Labute approximate surface area is 115 Å². The average molecular weight is 299 g/mol. The molecule has 0 bridgehead atoms. The Morgan fingerprint density at radius 1 is 1.40 bits per heavy atom. The van der Waals surface area contributed by atoms with Crippen molar-refractivity contribution in [1.82, 2.24) is 9.88 Å². The maximum Gasteiger partial charge on any atom is 0.241 e. The van der Waals surface area contributed by atoms with E-state index in [9.17, 15) is 12.8 Å². The third-order valence-electron chi connectivity index (χ3n) is 2.66. The first-order valence-electron chi connectivity index (χ1n) is 5.83. The SMILES string of the molecule is Cc1cc(CNS(=O)(=O)c2cc(F)ccc2CN)no1. The van der Waals surface area contributed by atoms with Crippen LogP contribution in [0.3, 0.4) is 0 Å². The molecule has 0 radical (unpaired) electrons. The third-order valence-corrected chi connectivity index (χ3v) is 4.14. The van der Waals surface area contributed by atoms with Crippen LogP contribution in [-0.4, -0.2) is 13.6 Å². The summed E-state index contributed by atoms with van der Waals surface area (Å²) in [6, 6.07) is 5.07. The highest BCUT2D eigenvalue weighted by Gasteiger charge is 2.19. The molecule has 0 aliphatic heterocycles. The van der Waals surface area contributed by atoms with Gasteiger partial charge in [0.1, 0.15) is 11.6 Å². The first-order chi connectivity index (χ1) is 9.42. The van der Waals surface area contributed by atoms with Crippen LogP contribution in [0.15, 0.2) is 33.7 Å². The summed E-state index contributed by atoms with van der Waals surface area (Å²) >= 11 is 0. The van der Waals surface area contributed by atoms with E-state index in [4.69, 9.17) is 10.3 Å². The Hall–Kier alpha value is -1.77. The smallest absolute Gasteiger partial charge is 0.241 e. The zero-order valence-electron chi connectivity index (χ0n) is 10.8. The van der Waals surface area contributed by atoms with Crippen LogP contribution in [0.1, 0.15) is 17.0 Å². The minimum Gasteiger partial charge on any atom is -0.361 e. The van der Waals surface area contributed by atoms with Gasteiger partial charge in [-0.15, -0.1) is 0 Å². The second kappa shape index (κ2) is 5.70. The molecule has 0 saturated carbocycles. The normalized spacial score (nSPS) is 11.8. The van der Waals surface area contributed by atoms with Gasteiger partial charge >= 0.3 is 0 Å². The molecule has 2 aromatic rings. The molecule has 0 spiro atoms. The fraction of sp³-hybridized carbons (Fsp3) is 0.250. The van der Waals surface area contributed by atoms with Crippen LogP contribution < -0.4 is 10.5 Å². The number of aryl methyl sites for hydroxylation is 1. The highest BCUT2D eigenvalue weighted by Crippen LogP contribution is 2.17. The summed E-state index contributed by atoms with van der Waals surface area (Å²) in [5, 5.41) is 3.67. The fourth-order valence-corrected chi connectivity index (χ4v) is 2.95. The number of nitrogens with two attached hydrogens (primary N) is 1. The molecule has 0 unspecified atom stereocenters. The molecule has 0 fully saturated rings. The van der Waals surface area contributed by atoms with E-state index >= 15 is 0 Å². The molecule has 0 aliphatic rings. The maximum atomic E-state index is 13.2. The molecule has 3 N–H and O–H groups in total. The lowest BCUT2D eigenvalue weighted by atomic mass is 10.2. The Morgan fingerprint density at radius 3 is 2.75 bits per heavy atom. The standard InChI is InChI=1S/C12H14FN3O3S/c1-8-4-11(16-19-8)7-15-20(17,18)12-5-10(13)3-2-9(12)6-14/h2-5,15H,6-7,14H2,1H3. The number of hydrogen-bond acceptors (Lipinski definition) is 5. The summed E-state index contributed by atoms with van der Waals surface area (Å²) in [5.74, 6) is -0.0625. The Balaban J connectivity index is 2.24. The summed E-state index contributed by atoms with van der Waals surface area (Å²) in [4.78, 5) is -0.166. The van der Waals surface area contributed by atoms with Crippen molar-refractivity contribution in [3.05, 3.63) is 47.1 Å². The molecule has 0 aliphatic carbocycles.